The second-order valence-electron chi connectivity index (χ2n) is 3.49. The highest BCUT2D eigenvalue weighted by atomic mass is 127. The Bertz CT molecular complexity index is 194. The average molecular weight is 280 g/mol. The minimum atomic E-state index is 0. The molecule has 0 aromatic carbocycles. The van der Waals surface area contributed by atoms with Gasteiger partial charge in [-0.15, -0.1) is 24.0 Å². The lowest BCUT2D eigenvalue weighted by atomic mass is 10.1. The lowest BCUT2D eigenvalue weighted by Crippen LogP contribution is -2.05. The van der Waals surface area contributed by atoms with Crippen LogP contribution < -0.4 is 0 Å². The summed E-state index contributed by atoms with van der Waals surface area (Å²) in [6, 6.07) is 0.581. The first-order valence-corrected chi connectivity index (χ1v) is 4.17. The summed E-state index contributed by atoms with van der Waals surface area (Å²) in [5.74, 6) is 0.757. The summed E-state index contributed by atoms with van der Waals surface area (Å²) in [5, 5.41) is 0. The molecule has 0 aliphatic carbocycles. The van der Waals surface area contributed by atoms with Gasteiger partial charge in [-0.1, -0.05) is 13.8 Å². The Kier molecular flexibility index (Phi) is 5.53. The number of imidazole rings is 1. The van der Waals surface area contributed by atoms with Gasteiger partial charge in [0.15, 0.2) is 0 Å². The molecule has 0 saturated carbocycles. The van der Waals surface area contributed by atoms with Crippen molar-refractivity contribution in [3.63, 3.8) is 0 Å². The van der Waals surface area contributed by atoms with Gasteiger partial charge in [-0.05, 0) is 19.3 Å². The van der Waals surface area contributed by atoms with Crippen molar-refractivity contribution in [3.05, 3.63) is 18.7 Å². The molecule has 1 unspecified atom stereocenters. The van der Waals surface area contributed by atoms with E-state index in [1.165, 1.54) is 6.42 Å². The summed E-state index contributed by atoms with van der Waals surface area (Å²) < 4.78 is 2.15. The minimum absolute atomic E-state index is 0. The van der Waals surface area contributed by atoms with Crippen LogP contribution in [0.3, 0.4) is 0 Å². The Balaban J connectivity index is 0.00000121. The number of rotatable bonds is 3. The maximum Gasteiger partial charge on any atom is 0.0948 e. The first-order chi connectivity index (χ1) is 5.20. The largest absolute Gasteiger partial charge is 0.335 e. The predicted molar refractivity (Wildman–Crippen MR) is 61.8 cm³/mol. The zero-order valence-corrected chi connectivity index (χ0v) is 10.2. The van der Waals surface area contributed by atoms with Crippen LogP contribution in [0, 0.1) is 5.92 Å². The maximum absolute atomic E-state index is 4.01. The first kappa shape index (κ1) is 11.9. The van der Waals surface area contributed by atoms with E-state index in [0.717, 1.165) is 5.92 Å². The second-order valence-corrected chi connectivity index (χ2v) is 3.49. The predicted octanol–water partition coefficient (Wildman–Crippen LogP) is 3.11. The van der Waals surface area contributed by atoms with Crippen molar-refractivity contribution in [2.75, 3.05) is 0 Å². The molecule has 70 valence electrons. The molecule has 1 heterocycles. The summed E-state index contributed by atoms with van der Waals surface area (Å²) in [6.07, 6.45) is 6.95. The Morgan fingerprint density at radius 2 is 2.00 bits per heavy atom. The van der Waals surface area contributed by atoms with Gasteiger partial charge in [0.1, 0.15) is 0 Å². The van der Waals surface area contributed by atoms with Crippen molar-refractivity contribution in [1.29, 1.82) is 0 Å². The molecule has 0 spiro atoms. The molecular formula is C9H17IN2. The van der Waals surface area contributed by atoms with Crippen LogP contribution in [0.5, 0.6) is 0 Å². The molecule has 12 heavy (non-hydrogen) atoms. The summed E-state index contributed by atoms with van der Waals surface area (Å²) in [4.78, 5) is 4.01. The fourth-order valence-electron chi connectivity index (χ4n) is 1.33. The van der Waals surface area contributed by atoms with Gasteiger partial charge < -0.3 is 4.57 Å². The Morgan fingerprint density at radius 1 is 1.33 bits per heavy atom. The van der Waals surface area contributed by atoms with Gasteiger partial charge in [-0.25, -0.2) is 4.98 Å². The first-order valence-electron chi connectivity index (χ1n) is 4.17. The van der Waals surface area contributed by atoms with Gasteiger partial charge in [0.25, 0.3) is 0 Å². The van der Waals surface area contributed by atoms with Crippen LogP contribution in [-0.2, 0) is 0 Å². The highest BCUT2D eigenvalue weighted by Crippen LogP contribution is 2.15. The fourth-order valence-corrected chi connectivity index (χ4v) is 1.33. The summed E-state index contributed by atoms with van der Waals surface area (Å²) in [5.41, 5.74) is 0. The molecule has 1 rings (SSSR count). The van der Waals surface area contributed by atoms with Crippen molar-refractivity contribution >= 4 is 24.0 Å². The van der Waals surface area contributed by atoms with E-state index in [4.69, 9.17) is 0 Å². The van der Waals surface area contributed by atoms with E-state index in [9.17, 15) is 0 Å². The quantitative estimate of drug-likeness (QED) is 0.778. The van der Waals surface area contributed by atoms with Gasteiger partial charge >= 0.3 is 0 Å². The summed E-state index contributed by atoms with van der Waals surface area (Å²) in [6.45, 7) is 6.71. The highest BCUT2D eigenvalue weighted by molar-refractivity contribution is 14.0. The molecule has 1 aromatic rings. The Labute approximate surface area is 91.4 Å². The molecule has 0 aliphatic rings. The molecule has 0 amide bonds. The SMILES string of the molecule is CC(C)CC(C)n1ccnc1.I. The van der Waals surface area contributed by atoms with E-state index in [-0.39, 0.29) is 24.0 Å². The Morgan fingerprint density at radius 3 is 2.42 bits per heavy atom. The molecule has 0 N–H and O–H groups in total. The third-order valence-electron chi connectivity index (χ3n) is 1.85. The number of hydrogen-bond donors (Lipinski definition) is 0. The van der Waals surface area contributed by atoms with Crippen LogP contribution in [-0.4, -0.2) is 9.55 Å². The maximum atomic E-state index is 4.01. The molecule has 2 nitrogen and oxygen atoms in total. The van der Waals surface area contributed by atoms with E-state index >= 15 is 0 Å². The van der Waals surface area contributed by atoms with Crippen LogP contribution in [0.2, 0.25) is 0 Å². The van der Waals surface area contributed by atoms with Crippen LogP contribution in [0.1, 0.15) is 33.2 Å². The molecule has 1 atom stereocenters. The van der Waals surface area contributed by atoms with E-state index in [1.54, 1.807) is 0 Å². The number of halogens is 1. The molecule has 1 aromatic heterocycles. The van der Waals surface area contributed by atoms with Crippen LogP contribution in [0.4, 0.5) is 0 Å². The van der Waals surface area contributed by atoms with Crippen LogP contribution in [0.25, 0.3) is 0 Å². The topological polar surface area (TPSA) is 17.8 Å². The second kappa shape index (κ2) is 5.56. The molecule has 3 heteroatoms. The zero-order chi connectivity index (χ0) is 8.27. The zero-order valence-electron chi connectivity index (χ0n) is 7.90. The van der Waals surface area contributed by atoms with Crippen molar-refractivity contribution in [3.8, 4) is 0 Å². The lowest BCUT2D eigenvalue weighted by Gasteiger charge is -2.14. The molecule has 0 radical (unpaired) electrons. The van der Waals surface area contributed by atoms with Gasteiger partial charge in [0.05, 0.1) is 6.33 Å². The lowest BCUT2D eigenvalue weighted by molar-refractivity contribution is 0.427. The van der Waals surface area contributed by atoms with Crippen molar-refractivity contribution in [2.45, 2.75) is 33.2 Å². The van der Waals surface area contributed by atoms with Gasteiger partial charge in [-0.2, -0.15) is 0 Å². The molecule has 0 bridgehead atoms. The molecule has 0 saturated heterocycles. The smallest absolute Gasteiger partial charge is 0.0948 e. The van der Waals surface area contributed by atoms with Crippen LogP contribution in [0.15, 0.2) is 18.7 Å². The van der Waals surface area contributed by atoms with E-state index in [0.29, 0.717) is 6.04 Å². The number of nitrogens with zero attached hydrogens (tertiary/aromatic N) is 2. The molecule has 0 fully saturated rings. The van der Waals surface area contributed by atoms with Crippen LogP contribution >= 0.6 is 24.0 Å². The molecular weight excluding hydrogens is 263 g/mol. The van der Waals surface area contributed by atoms with Crippen molar-refractivity contribution in [1.82, 2.24) is 9.55 Å². The minimum Gasteiger partial charge on any atom is -0.335 e. The van der Waals surface area contributed by atoms with E-state index in [2.05, 4.69) is 30.3 Å². The van der Waals surface area contributed by atoms with Gasteiger partial charge in [0, 0.05) is 18.4 Å². The molecule has 0 aliphatic heterocycles. The van der Waals surface area contributed by atoms with Gasteiger partial charge in [-0.3, -0.25) is 0 Å². The average Bonchev–Trinajstić information content (AvgIpc) is 2.35. The third kappa shape index (κ3) is 3.56. The Hall–Kier alpha value is -0.0600. The normalized spacial score (nSPS) is 12.7. The fraction of sp³-hybridized carbons (Fsp3) is 0.667. The third-order valence-corrected chi connectivity index (χ3v) is 1.85. The standard InChI is InChI=1S/C9H16N2.HI/c1-8(2)6-9(3)11-5-4-10-7-11;/h4-5,7-9H,6H2,1-3H3;1H. The van der Waals surface area contributed by atoms with Crippen molar-refractivity contribution < 1.29 is 0 Å². The monoisotopic (exact) mass is 280 g/mol. The number of aromatic nitrogens is 2. The summed E-state index contributed by atoms with van der Waals surface area (Å²) >= 11 is 0. The number of hydrogen-bond acceptors (Lipinski definition) is 1. The van der Waals surface area contributed by atoms with E-state index < -0.39 is 0 Å². The van der Waals surface area contributed by atoms with Gasteiger partial charge in [0.2, 0.25) is 0 Å². The van der Waals surface area contributed by atoms with Crippen molar-refractivity contribution in [2.24, 2.45) is 5.92 Å². The van der Waals surface area contributed by atoms with E-state index in [1.807, 2.05) is 18.7 Å². The highest BCUT2D eigenvalue weighted by Gasteiger charge is 2.04. The summed E-state index contributed by atoms with van der Waals surface area (Å²) in [7, 11) is 0.